The normalized spacial score (nSPS) is 15.9. The van der Waals surface area contributed by atoms with Crippen molar-refractivity contribution in [1.29, 1.82) is 5.26 Å². The third-order valence-electron chi connectivity index (χ3n) is 4.94. The average molecular weight is 373 g/mol. The summed E-state index contributed by atoms with van der Waals surface area (Å²) in [5.41, 5.74) is 3.48. The van der Waals surface area contributed by atoms with Crippen LogP contribution in [0.15, 0.2) is 61.2 Å². The van der Waals surface area contributed by atoms with Crippen molar-refractivity contribution in [1.82, 2.24) is 4.90 Å². The van der Waals surface area contributed by atoms with E-state index in [1.165, 1.54) is 0 Å². The summed E-state index contributed by atoms with van der Waals surface area (Å²) in [6, 6.07) is 17.0. The lowest BCUT2D eigenvalue weighted by Crippen LogP contribution is -2.37. The maximum Gasteiger partial charge on any atom is 0.228 e. The van der Waals surface area contributed by atoms with E-state index < -0.39 is 0 Å². The van der Waals surface area contributed by atoms with Gasteiger partial charge in [0.15, 0.2) is 0 Å². The fourth-order valence-corrected chi connectivity index (χ4v) is 3.40. The zero-order chi connectivity index (χ0) is 20.1. The number of rotatable bonds is 6. The minimum Gasteiger partial charge on any atom is -0.334 e. The molecule has 1 fully saturated rings. The lowest BCUT2D eigenvalue weighted by atomic mass is 10.1. The third-order valence-corrected chi connectivity index (χ3v) is 4.94. The second kappa shape index (κ2) is 8.53. The van der Waals surface area contributed by atoms with Crippen LogP contribution in [-0.4, -0.2) is 29.8 Å². The van der Waals surface area contributed by atoms with Crippen molar-refractivity contribution in [3.05, 3.63) is 77.9 Å². The van der Waals surface area contributed by atoms with Gasteiger partial charge in [-0.1, -0.05) is 35.9 Å². The van der Waals surface area contributed by atoms with E-state index in [0.29, 0.717) is 25.2 Å². The Kier molecular flexibility index (Phi) is 5.90. The molecular weight excluding hydrogens is 350 g/mol. The van der Waals surface area contributed by atoms with E-state index in [4.69, 9.17) is 5.26 Å². The van der Waals surface area contributed by atoms with Crippen molar-refractivity contribution in [2.45, 2.75) is 19.9 Å². The number of carbonyl (C=O) groups is 2. The maximum absolute atomic E-state index is 13.1. The number of hydrogen-bond donors (Lipinski definition) is 0. The highest BCUT2D eigenvalue weighted by molar-refractivity contribution is 6.00. The van der Waals surface area contributed by atoms with Crippen molar-refractivity contribution < 1.29 is 9.59 Å². The molecule has 2 aromatic carbocycles. The van der Waals surface area contributed by atoms with Crippen LogP contribution in [0, 0.1) is 24.2 Å². The molecule has 0 aliphatic carbocycles. The molecule has 1 aliphatic heterocycles. The predicted molar refractivity (Wildman–Crippen MR) is 108 cm³/mol. The Morgan fingerprint density at radius 3 is 2.54 bits per heavy atom. The minimum absolute atomic E-state index is 0.0286. The molecule has 1 unspecified atom stereocenters. The molecule has 1 atom stereocenters. The first-order chi connectivity index (χ1) is 13.5. The molecule has 2 aromatic rings. The van der Waals surface area contributed by atoms with Crippen molar-refractivity contribution in [3.8, 4) is 6.07 Å². The summed E-state index contributed by atoms with van der Waals surface area (Å²) in [7, 11) is 0. The fourth-order valence-electron chi connectivity index (χ4n) is 3.40. The number of anilines is 1. The smallest absolute Gasteiger partial charge is 0.228 e. The molecular formula is C23H23N3O2. The average Bonchev–Trinajstić information content (AvgIpc) is 3.10. The maximum atomic E-state index is 13.1. The van der Waals surface area contributed by atoms with Crippen LogP contribution in [-0.2, 0) is 16.1 Å². The van der Waals surface area contributed by atoms with Crippen LogP contribution in [0.2, 0.25) is 0 Å². The molecule has 0 spiro atoms. The van der Waals surface area contributed by atoms with Crippen LogP contribution >= 0.6 is 0 Å². The standard InChI is InChI=1S/C23H23N3O2/c1-3-12-25(15-19-8-6-18(14-24)7-9-19)23(28)20-13-22(27)26(16-20)21-10-4-17(2)5-11-21/h3-11,20H,1,12-13,15-16H2,2H3. The van der Waals surface area contributed by atoms with E-state index in [2.05, 4.69) is 12.6 Å². The van der Waals surface area contributed by atoms with Gasteiger partial charge in [-0.15, -0.1) is 6.58 Å². The van der Waals surface area contributed by atoms with E-state index in [9.17, 15) is 9.59 Å². The van der Waals surface area contributed by atoms with Crippen molar-refractivity contribution in [2.24, 2.45) is 5.92 Å². The Hall–Kier alpha value is -3.39. The molecule has 5 heteroatoms. The monoisotopic (exact) mass is 373 g/mol. The van der Waals surface area contributed by atoms with Crippen LogP contribution in [0.4, 0.5) is 5.69 Å². The zero-order valence-corrected chi connectivity index (χ0v) is 16.0. The predicted octanol–water partition coefficient (Wildman–Crippen LogP) is 3.43. The molecule has 0 aromatic heterocycles. The van der Waals surface area contributed by atoms with Gasteiger partial charge in [0, 0.05) is 31.7 Å². The first-order valence-electron chi connectivity index (χ1n) is 9.27. The lowest BCUT2D eigenvalue weighted by molar-refractivity contribution is -0.135. The molecule has 0 radical (unpaired) electrons. The van der Waals surface area contributed by atoms with E-state index in [-0.39, 0.29) is 24.2 Å². The number of benzene rings is 2. The molecule has 1 heterocycles. The first kappa shape index (κ1) is 19.4. The van der Waals surface area contributed by atoms with E-state index in [1.54, 1.807) is 28.0 Å². The van der Waals surface area contributed by atoms with Crippen LogP contribution in [0.3, 0.4) is 0 Å². The Balaban J connectivity index is 1.72. The molecule has 3 rings (SSSR count). The Morgan fingerprint density at radius 2 is 1.93 bits per heavy atom. The van der Waals surface area contributed by atoms with Crippen molar-refractivity contribution >= 4 is 17.5 Å². The summed E-state index contributed by atoms with van der Waals surface area (Å²) in [5, 5.41) is 8.92. The van der Waals surface area contributed by atoms with Crippen molar-refractivity contribution in [2.75, 3.05) is 18.0 Å². The number of nitrogens with zero attached hydrogens (tertiary/aromatic N) is 3. The summed E-state index contributed by atoms with van der Waals surface area (Å²) in [5.74, 6) is -0.446. The molecule has 0 N–H and O–H groups in total. The summed E-state index contributed by atoms with van der Waals surface area (Å²) < 4.78 is 0. The highest BCUT2D eigenvalue weighted by Gasteiger charge is 2.37. The van der Waals surface area contributed by atoms with Gasteiger partial charge in [0.25, 0.3) is 0 Å². The SMILES string of the molecule is C=CCN(Cc1ccc(C#N)cc1)C(=O)C1CC(=O)N(c2ccc(C)cc2)C1. The summed E-state index contributed by atoms with van der Waals surface area (Å²) >= 11 is 0. The number of hydrogen-bond acceptors (Lipinski definition) is 3. The highest BCUT2D eigenvalue weighted by Crippen LogP contribution is 2.27. The molecule has 1 aliphatic rings. The van der Waals surface area contributed by atoms with Gasteiger partial charge in [-0.2, -0.15) is 5.26 Å². The van der Waals surface area contributed by atoms with Crippen LogP contribution in [0.1, 0.15) is 23.1 Å². The van der Waals surface area contributed by atoms with Gasteiger partial charge in [0.05, 0.1) is 17.6 Å². The van der Waals surface area contributed by atoms with Gasteiger partial charge in [0.2, 0.25) is 11.8 Å². The summed E-state index contributed by atoms with van der Waals surface area (Å²) in [6.45, 7) is 6.97. The third kappa shape index (κ3) is 4.29. The van der Waals surface area contributed by atoms with Gasteiger partial charge in [0.1, 0.15) is 0 Å². The highest BCUT2D eigenvalue weighted by atomic mass is 16.2. The topological polar surface area (TPSA) is 64.4 Å². The van der Waals surface area contributed by atoms with Gasteiger partial charge >= 0.3 is 0 Å². The summed E-state index contributed by atoms with van der Waals surface area (Å²) in [4.78, 5) is 29.0. The zero-order valence-electron chi connectivity index (χ0n) is 16.0. The molecule has 142 valence electrons. The van der Waals surface area contributed by atoms with Gasteiger partial charge in [-0.25, -0.2) is 0 Å². The Labute approximate surface area is 165 Å². The second-order valence-corrected chi connectivity index (χ2v) is 7.06. The van der Waals surface area contributed by atoms with E-state index in [0.717, 1.165) is 16.8 Å². The van der Waals surface area contributed by atoms with Gasteiger partial charge in [-0.3, -0.25) is 9.59 Å². The molecule has 28 heavy (non-hydrogen) atoms. The quantitative estimate of drug-likeness (QED) is 0.729. The minimum atomic E-state index is -0.368. The van der Waals surface area contributed by atoms with Crippen LogP contribution in [0.5, 0.6) is 0 Å². The Bertz CT molecular complexity index is 910. The van der Waals surface area contributed by atoms with Crippen molar-refractivity contribution in [3.63, 3.8) is 0 Å². The number of carbonyl (C=O) groups excluding carboxylic acids is 2. The molecule has 1 saturated heterocycles. The summed E-state index contributed by atoms with van der Waals surface area (Å²) in [6.07, 6.45) is 1.91. The molecule has 2 amide bonds. The van der Waals surface area contributed by atoms with Crippen LogP contribution in [0.25, 0.3) is 0 Å². The van der Waals surface area contributed by atoms with Gasteiger partial charge in [-0.05, 0) is 36.8 Å². The lowest BCUT2D eigenvalue weighted by Gasteiger charge is -2.24. The fraction of sp³-hybridized carbons (Fsp3) is 0.261. The van der Waals surface area contributed by atoms with Gasteiger partial charge < -0.3 is 9.80 Å². The van der Waals surface area contributed by atoms with E-state index in [1.807, 2.05) is 43.3 Å². The molecule has 0 saturated carbocycles. The second-order valence-electron chi connectivity index (χ2n) is 7.06. The molecule has 5 nitrogen and oxygen atoms in total. The number of aryl methyl sites for hydroxylation is 1. The largest absolute Gasteiger partial charge is 0.334 e. The number of nitriles is 1. The number of amides is 2. The van der Waals surface area contributed by atoms with Crippen LogP contribution < -0.4 is 4.90 Å². The van der Waals surface area contributed by atoms with E-state index >= 15 is 0 Å². The Morgan fingerprint density at radius 1 is 1.25 bits per heavy atom. The molecule has 0 bridgehead atoms. The first-order valence-corrected chi connectivity index (χ1v) is 9.27.